The molecule has 0 aliphatic heterocycles. The first kappa shape index (κ1) is 14.1. The molecule has 0 saturated carbocycles. The molecule has 0 radical (unpaired) electrons. The molecule has 0 saturated heterocycles. The minimum absolute atomic E-state index is 0.115. The molecule has 0 atom stereocenters. The van der Waals surface area contributed by atoms with Crippen LogP contribution in [0.25, 0.3) is 0 Å². The number of rotatable bonds is 4. The molecule has 0 spiro atoms. The Balaban J connectivity index is 2.40. The lowest BCUT2D eigenvalue weighted by Crippen LogP contribution is -2.01. The van der Waals surface area contributed by atoms with Gasteiger partial charge in [-0.05, 0) is 40.2 Å². The minimum Gasteiger partial charge on any atom is -0.495 e. The quantitative estimate of drug-likeness (QED) is 0.504. The summed E-state index contributed by atoms with van der Waals surface area (Å²) in [5.41, 5.74) is 6.61. The standard InChI is InChI=1S/C13H12BrN3O3/c1-20-12-7-8(5-6-9(12)14)16-11-4-2-3-10(15)13(11)17(18)19/h2-7,16H,15H2,1H3. The topological polar surface area (TPSA) is 90.4 Å². The second kappa shape index (κ2) is 5.79. The number of para-hydroxylation sites is 1. The number of nitrogens with two attached hydrogens (primary N) is 1. The highest BCUT2D eigenvalue weighted by atomic mass is 79.9. The van der Waals surface area contributed by atoms with Crippen LogP contribution in [0.5, 0.6) is 5.75 Å². The normalized spacial score (nSPS) is 10.1. The minimum atomic E-state index is -0.506. The molecule has 0 aliphatic rings. The van der Waals surface area contributed by atoms with E-state index >= 15 is 0 Å². The lowest BCUT2D eigenvalue weighted by Gasteiger charge is -2.10. The number of hydrogen-bond acceptors (Lipinski definition) is 5. The fraction of sp³-hybridized carbons (Fsp3) is 0.0769. The highest BCUT2D eigenvalue weighted by molar-refractivity contribution is 9.10. The van der Waals surface area contributed by atoms with Gasteiger partial charge in [-0.2, -0.15) is 0 Å². The van der Waals surface area contributed by atoms with Gasteiger partial charge in [0.05, 0.1) is 16.5 Å². The third-order valence-electron chi connectivity index (χ3n) is 2.68. The Morgan fingerprint density at radius 1 is 1.35 bits per heavy atom. The van der Waals surface area contributed by atoms with Crippen LogP contribution in [0.4, 0.5) is 22.7 Å². The van der Waals surface area contributed by atoms with Crippen molar-refractivity contribution in [1.82, 2.24) is 0 Å². The van der Waals surface area contributed by atoms with Gasteiger partial charge in [-0.1, -0.05) is 6.07 Å². The number of ether oxygens (including phenoxy) is 1. The molecule has 2 aromatic rings. The molecular weight excluding hydrogens is 326 g/mol. The maximum Gasteiger partial charge on any atom is 0.315 e. The molecule has 0 aliphatic carbocycles. The number of nitrogens with zero attached hydrogens (tertiary/aromatic N) is 1. The van der Waals surface area contributed by atoms with Crippen LogP contribution in [-0.2, 0) is 0 Å². The molecule has 2 rings (SSSR count). The second-order valence-electron chi connectivity index (χ2n) is 3.97. The molecule has 0 fully saturated rings. The van der Waals surface area contributed by atoms with Crippen LogP contribution in [0.3, 0.4) is 0 Å². The molecule has 20 heavy (non-hydrogen) atoms. The summed E-state index contributed by atoms with van der Waals surface area (Å²) in [6.07, 6.45) is 0. The zero-order valence-electron chi connectivity index (χ0n) is 10.6. The monoisotopic (exact) mass is 337 g/mol. The lowest BCUT2D eigenvalue weighted by molar-refractivity contribution is -0.383. The summed E-state index contributed by atoms with van der Waals surface area (Å²) in [6, 6.07) is 10.0. The van der Waals surface area contributed by atoms with Gasteiger partial charge < -0.3 is 15.8 Å². The van der Waals surface area contributed by atoms with E-state index in [0.717, 1.165) is 4.47 Å². The number of nitro groups is 1. The first-order valence-electron chi connectivity index (χ1n) is 5.66. The van der Waals surface area contributed by atoms with Crippen LogP contribution in [0.2, 0.25) is 0 Å². The van der Waals surface area contributed by atoms with E-state index in [1.165, 1.54) is 6.07 Å². The number of hydrogen-bond donors (Lipinski definition) is 2. The Labute approximate surface area is 123 Å². The van der Waals surface area contributed by atoms with Crippen LogP contribution in [0.15, 0.2) is 40.9 Å². The third-order valence-corrected chi connectivity index (χ3v) is 3.34. The van der Waals surface area contributed by atoms with E-state index < -0.39 is 4.92 Å². The van der Waals surface area contributed by atoms with Gasteiger partial charge in [0, 0.05) is 11.8 Å². The molecule has 0 bridgehead atoms. The Hall–Kier alpha value is -2.28. The highest BCUT2D eigenvalue weighted by Gasteiger charge is 2.17. The average molecular weight is 338 g/mol. The summed E-state index contributed by atoms with van der Waals surface area (Å²) in [5, 5.41) is 14.0. The van der Waals surface area contributed by atoms with Gasteiger partial charge >= 0.3 is 5.69 Å². The summed E-state index contributed by atoms with van der Waals surface area (Å²) < 4.78 is 5.98. The summed E-state index contributed by atoms with van der Waals surface area (Å²) in [5.74, 6) is 0.626. The van der Waals surface area contributed by atoms with E-state index in [1.807, 2.05) is 0 Å². The van der Waals surface area contributed by atoms with E-state index in [2.05, 4.69) is 21.2 Å². The van der Waals surface area contributed by atoms with Crippen molar-refractivity contribution in [2.75, 3.05) is 18.2 Å². The zero-order chi connectivity index (χ0) is 14.7. The smallest absolute Gasteiger partial charge is 0.315 e. The Morgan fingerprint density at radius 2 is 2.10 bits per heavy atom. The van der Waals surface area contributed by atoms with Crippen molar-refractivity contribution in [3.63, 3.8) is 0 Å². The SMILES string of the molecule is COc1cc(Nc2cccc(N)c2[N+](=O)[O-])ccc1Br. The lowest BCUT2D eigenvalue weighted by atomic mass is 10.2. The molecule has 0 unspecified atom stereocenters. The Morgan fingerprint density at radius 3 is 2.75 bits per heavy atom. The van der Waals surface area contributed by atoms with Gasteiger partial charge in [0.25, 0.3) is 0 Å². The van der Waals surface area contributed by atoms with Crippen LogP contribution in [0, 0.1) is 10.1 Å². The Bertz CT molecular complexity index is 661. The molecule has 6 nitrogen and oxygen atoms in total. The molecule has 0 heterocycles. The van der Waals surface area contributed by atoms with Crippen LogP contribution >= 0.6 is 15.9 Å². The van der Waals surface area contributed by atoms with Gasteiger partial charge in [-0.25, -0.2) is 0 Å². The fourth-order valence-corrected chi connectivity index (χ4v) is 2.17. The number of nitrogen functional groups attached to an aromatic ring is 1. The van der Waals surface area contributed by atoms with Gasteiger partial charge in [0.1, 0.15) is 17.1 Å². The van der Waals surface area contributed by atoms with Crippen molar-refractivity contribution in [3.05, 3.63) is 51.0 Å². The maximum atomic E-state index is 11.1. The van der Waals surface area contributed by atoms with Crippen molar-refractivity contribution < 1.29 is 9.66 Å². The molecular formula is C13H12BrN3O3. The van der Waals surface area contributed by atoms with Crippen molar-refractivity contribution in [2.45, 2.75) is 0 Å². The van der Waals surface area contributed by atoms with E-state index in [9.17, 15) is 10.1 Å². The number of benzene rings is 2. The number of methoxy groups -OCH3 is 1. The van der Waals surface area contributed by atoms with Crippen LogP contribution in [0.1, 0.15) is 0 Å². The van der Waals surface area contributed by atoms with E-state index in [1.54, 1.807) is 37.4 Å². The van der Waals surface area contributed by atoms with Crippen molar-refractivity contribution in [2.24, 2.45) is 0 Å². The molecule has 104 valence electrons. The summed E-state index contributed by atoms with van der Waals surface area (Å²) in [4.78, 5) is 10.6. The fourth-order valence-electron chi connectivity index (χ4n) is 1.76. The van der Waals surface area contributed by atoms with Crippen LogP contribution < -0.4 is 15.8 Å². The van der Waals surface area contributed by atoms with Gasteiger partial charge in [0.2, 0.25) is 0 Å². The zero-order valence-corrected chi connectivity index (χ0v) is 12.2. The van der Waals surface area contributed by atoms with Crippen molar-refractivity contribution in [1.29, 1.82) is 0 Å². The molecule has 3 N–H and O–H groups in total. The van der Waals surface area contributed by atoms with E-state index in [0.29, 0.717) is 17.1 Å². The summed E-state index contributed by atoms with van der Waals surface area (Å²) in [6.45, 7) is 0. The predicted molar refractivity (Wildman–Crippen MR) is 81.5 cm³/mol. The second-order valence-corrected chi connectivity index (χ2v) is 4.83. The molecule has 7 heteroatoms. The molecule has 2 aromatic carbocycles. The number of anilines is 3. The van der Waals surface area contributed by atoms with E-state index in [-0.39, 0.29) is 11.4 Å². The first-order valence-corrected chi connectivity index (χ1v) is 6.45. The number of nitro benzene ring substituents is 1. The predicted octanol–water partition coefficient (Wildman–Crippen LogP) is 3.69. The molecule has 0 amide bonds. The Kier molecular flexibility index (Phi) is 4.09. The maximum absolute atomic E-state index is 11.1. The van der Waals surface area contributed by atoms with Crippen LogP contribution in [-0.4, -0.2) is 12.0 Å². The third kappa shape index (κ3) is 2.83. The van der Waals surface area contributed by atoms with Gasteiger partial charge in [-0.3, -0.25) is 10.1 Å². The molecule has 0 aromatic heterocycles. The van der Waals surface area contributed by atoms with Gasteiger partial charge in [0.15, 0.2) is 0 Å². The average Bonchev–Trinajstić information content (AvgIpc) is 2.40. The summed E-state index contributed by atoms with van der Waals surface area (Å²) in [7, 11) is 1.55. The van der Waals surface area contributed by atoms with Gasteiger partial charge in [-0.15, -0.1) is 0 Å². The van der Waals surface area contributed by atoms with Crippen molar-refractivity contribution >= 4 is 38.7 Å². The number of nitrogens with one attached hydrogen (secondary N) is 1. The van der Waals surface area contributed by atoms with E-state index in [4.69, 9.17) is 10.5 Å². The largest absolute Gasteiger partial charge is 0.495 e. The summed E-state index contributed by atoms with van der Waals surface area (Å²) >= 11 is 3.34. The number of halogens is 1. The first-order chi connectivity index (χ1) is 9.52. The van der Waals surface area contributed by atoms with Crippen molar-refractivity contribution in [3.8, 4) is 5.75 Å². The highest BCUT2D eigenvalue weighted by Crippen LogP contribution is 2.35.